The van der Waals surface area contributed by atoms with Crippen LogP contribution in [-0.4, -0.2) is 12.1 Å². The van der Waals surface area contributed by atoms with Crippen LogP contribution in [0.4, 0.5) is 14.9 Å². The third-order valence-corrected chi connectivity index (χ3v) is 2.75. The zero-order chi connectivity index (χ0) is 13.1. The number of halogens is 1. The summed E-state index contributed by atoms with van der Waals surface area (Å²) in [5.41, 5.74) is 0.574. The lowest BCUT2D eigenvalue weighted by Gasteiger charge is -2.28. The van der Waals surface area contributed by atoms with Crippen molar-refractivity contribution in [1.29, 1.82) is 0 Å². The van der Waals surface area contributed by atoms with Crippen LogP contribution >= 0.6 is 0 Å². The van der Waals surface area contributed by atoms with Gasteiger partial charge in [0.1, 0.15) is 5.82 Å². The fourth-order valence-electron chi connectivity index (χ4n) is 1.11. The number of carbonyl (C=O) groups excluding carboxylic acids is 1. The van der Waals surface area contributed by atoms with Gasteiger partial charge in [-0.25, -0.2) is 9.18 Å². The first kappa shape index (κ1) is 13.5. The topological polar surface area (TPSA) is 41.1 Å². The van der Waals surface area contributed by atoms with Crippen molar-refractivity contribution in [3.05, 3.63) is 30.1 Å². The van der Waals surface area contributed by atoms with Gasteiger partial charge in [-0.15, -0.1) is 0 Å². The van der Waals surface area contributed by atoms with E-state index in [4.69, 9.17) is 0 Å². The van der Waals surface area contributed by atoms with E-state index < -0.39 is 0 Å². The number of carbonyl (C=O) groups is 1. The van der Waals surface area contributed by atoms with Crippen LogP contribution in [0.5, 0.6) is 0 Å². The molecular weight excluding hydrogens is 219 g/mol. The van der Waals surface area contributed by atoms with Crippen LogP contribution in [0.3, 0.4) is 0 Å². The second kappa shape index (κ2) is 5.17. The van der Waals surface area contributed by atoms with E-state index in [1.54, 1.807) is 0 Å². The van der Waals surface area contributed by atoms with Gasteiger partial charge in [-0.2, -0.15) is 0 Å². The van der Waals surface area contributed by atoms with Crippen molar-refractivity contribution >= 4 is 11.7 Å². The summed E-state index contributed by atoms with van der Waals surface area (Å²) in [7, 11) is 0. The van der Waals surface area contributed by atoms with Crippen LogP contribution in [0.2, 0.25) is 0 Å². The largest absolute Gasteiger partial charge is 0.335 e. The Balaban J connectivity index is 2.53. The van der Waals surface area contributed by atoms with Crippen LogP contribution in [0.15, 0.2) is 24.3 Å². The molecule has 1 aromatic carbocycles. The third kappa shape index (κ3) is 4.43. The average molecular weight is 238 g/mol. The molecule has 0 fully saturated rings. The van der Waals surface area contributed by atoms with Crippen LogP contribution in [0.1, 0.15) is 27.7 Å². The number of amides is 2. The van der Waals surface area contributed by atoms with Crippen molar-refractivity contribution in [1.82, 2.24) is 5.32 Å². The number of benzene rings is 1. The molecule has 0 spiro atoms. The van der Waals surface area contributed by atoms with Gasteiger partial charge in [0.15, 0.2) is 0 Å². The van der Waals surface area contributed by atoms with Crippen molar-refractivity contribution in [3.63, 3.8) is 0 Å². The zero-order valence-corrected chi connectivity index (χ0v) is 10.7. The van der Waals surface area contributed by atoms with Gasteiger partial charge in [-0.3, -0.25) is 0 Å². The summed E-state index contributed by atoms with van der Waals surface area (Å²) < 4.78 is 12.7. The van der Waals surface area contributed by atoms with E-state index in [2.05, 4.69) is 31.4 Å². The molecule has 0 heterocycles. The van der Waals surface area contributed by atoms with Gasteiger partial charge < -0.3 is 10.6 Å². The van der Waals surface area contributed by atoms with E-state index in [0.29, 0.717) is 5.69 Å². The molecular formula is C13H19FN2O. The van der Waals surface area contributed by atoms with Gasteiger partial charge >= 0.3 is 6.03 Å². The minimum Gasteiger partial charge on any atom is -0.335 e. The minimum atomic E-state index is -0.320. The summed E-state index contributed by atoms with van der Waals surface area (Å²) in [6.07, 6.45) is 0. The lowest BCUT2D eigenvalue weighted by atomic mass is 9.88. The summed E-state index contributed by atoms with van der Waals surface area (Å²) in [5.74, 6) is -0.320. The predicted octanol–water partition coefficient (Wildman–Crippen LogP) is 3.38. The molecule has 94 valence electrons. The standard InChI is InChI=1S/C13H19FN2O/c1-9(13(2,3)4)15-12(17)16-11-7-5-10(14)6-8-11/h5-9H,1-4H3,(H2,15,16,17)/t9-/m0/s1. The maximum absolute atomic E-state index is 12.7. The number of hydrogen-bond acceptors (Lipinski definition) is 1. The van der Waals surface area contributed by atoms with Crippen molar-refractivity contribution in [2.45, 2.75) is 33.7 Å². The van der Waals surface area contributed by atoms with Crippen molar-refractivity contribution in [2.75, 3.05) is 5.32 Å². The van der Waals surface area contributed by atoms with Gasteiger partial charge in [0, 0.05) is 11.7 Å². The first-order chi connectivity index (χ1) is 7.79. The molecule has 3 nitrogen and oxygen atoms in total. The first-order valence-electron chi connectivity index (χ1n) is 5.62. The summed E-state index contributed by atoms with van der Waals surface area (Å²) in [5, 5.41) is 5.49. The lowest BCUT2D eigenvalue weighted by Crippen LogP contribution is -2.43. The molecule has 2 amide bonds. The molecule has 0 saturated carbocycles. The van der Waals surface area contributed by atoms with E-state index >= 15 is 0 Å². The molecule has 1 rings (SSSR count). The van der Waals surface area contributed by atoms with E-state index in [1.807, 2.05) is 6.92 Å². The Hall–Kier alpha value is -1.58. The number of hydrogen-bond donors (Lipinski definition) is 2. The maximum Gasteiger partial charge on any atom is 0.319 e. The molecule has 0 bridgehead atoms. The lowest BCUT2D eigenvalue weighted by molar-refractivity contribution is 0.233. The number of rotatable bonds is 2. The van der Waals surface area contributed by atoms with Gasteiger partial charge in [0.25, 0.3) is 0 Å². The summed E-state index contributed by atoms with van der Waals surface area (Å²) in [6, 6.07) is 5.43. The SMILES string of the molecule is C[C@H](NC(=O)Nc1ccc(F)cc1)C(C)(C)C. The highest BCUT2D eigenvalue weighted by Crippen LogP contribution is 2.18. The predicted molar refractivity (Wildman–Crippen MR) is 67.5 cm³/mol. The molecule has 0 unspecified atom stereocenters. The van der Waals surface area contributed by atoms with Gasteiger partial charge in [-0.05, 0) is 36.6 Å². The molecule has 4 heteroatoms. The molecule has 0 saturated heterocycles. The van der Waals surface area contributed by atoms with Gasteiger partial charge in [-0.1, -0.05) is 20.8 Å². The highest BCUT2D eigenvalue weighted by atomic mass is 19.1. The van der Waals surface area contributed by atoms with Crippen molar-refractivity contribution in [3.8, 4) is 0 Å². The Kier molecular flexibility index (Phi) is 4.10. The molecule has 2 N–H and O–H groups in total. The van der Waals surface area contributed by atoms with Gasteiger partial charge in [0.2, 0.25) is 0 Å². The number of nitrogens with one attached hydrogen (secondary N) is 2. The summed E-state index contributed by atoms with van der Waals surface area (Å²) >= 11 is 0. The third-order valence-electron chi connectivity index (χ3n) is 2.75. The monoisotopic (exact) mass is 238 g/mol. The van der Waals surface area contributed by atoms with Crippen LogP contribution in [-0.2, 0) is 0 Å². The zero-order valence-electron chi connectivity index (χ0n) is 10.7. The Bertz CT molecular complexity index is 381. The smallest absolute Gasteiger partial charge is 0.319 e. The molecule has 0 aliphatic carbocycles. The second-order valence-corrected chi connectivity index (χ2v) is 5.19. The molecule has 1 atom stereocenters. The molecule has 0 radical (unpaired) electrons. The summed E-state index contributed by atoms with van der Waals surface area (Å²) in [4.78, 5) is 11.6. The minimum absolute atomic E-state index is 0.000135. The second-order valence-electron chi connectivity index (χ2n) is 5.19. The average Bonchev–Trinajstić information content (AvgIpc) is 2.20. The fraction of sp³-hybridized carbons (Fsp3) is 0.462. The van der Waals surface area contributed by atoms with Crippen molar-refractivity contribution < 1.29 is 9.18 Å². The normalized spacial score (nSPS) is 13.0. The van der Waals surface area contributed by atoms with Crippen LogP contribution in [0, 0.1) is 11.2 Å². The highest BCUT2D eigenvalue weighted by Gasteiger charge is 2.21. The maximum atomic E-state index is 12.7. The van der Waals surface area contributed by atoms with Crippen LogP contribution < -0.4 is 10.6 Å². The van der Waals surface area contributed by atoms with Crippen molar-refractivity contribution in [2.24, 2.45) is 5.41 Å². The van der Waals surface area contributed by atoms with Crippen LogP contribution in [0.25, 0.3) is 0 Å². The Morgan fingerprint density at radius 1 is 1.24 bits per heavy atom. The van der Waals surface area contributed by atoms with E-state index in [0.717, 1.165) is 0 Å². The highest BCUT2D eigenvalue weighted by molar-refractivity contribution is 5.89. The Morgan fingerprint density at radius 2 is 1.76 bits per heavy atom. The fourth-order valence-corrected chi connectivity index (χ4v) is 1.11. The number of urea groups is 1. The molecule has 17 heavy (non-hydrogen) atoms. The van der Waals surface area contributed by atoms with E-state index in [9.17, 15) is 9.18 Å². The van der Waals surface area contributed by atoms with Gasteiger partial charge in [0.05, 0.1) is 0 Å². The number of anilines is 1. The molecule has 0 aliphatic heterocycles. The first-order valence-corrected chi connectivity index (χ1v) is 5.62. The van der Waals surface area contributed by atoms with E-state index in [-0.39, 0.29) is 23.3 Å². The quantitative estimate of drug-likeness (QED) is 0.814. The molecule has 0 aliphatic rings. The molecule has 1 aromatic rings. The Labute approximate surface area is 101 Å². The Morgan fingerprint density at radius 3 is 2.24 bits per heavy atom. The van der Waals surface area contributed by atoms with E-state index in [1.165, 1.54) is 24.3 Å². The summed E-state index contributed by atoms with van der Waals surface area (Å²) in [6.45, 7) is 8.10. The molecule has 0 aromatic heterocycles.